The average Bonchev–Trinajstić information content (AvgIpc) is 3.39. The number of benzene rings is 2. The summed E-state index contributed by atoms with van der Waals surface area (Å²) in [5, 5.41) is 11.1. The van der Waals surface area contributed by atoms with Gasteiger partial charge in [0.2, 0.25) is 0 Å². The van der Waals surface area contributed by atoms with E-state index in [-0.39, 0.29) is 11.7 Å². The third-order valence-electron chi connectivity index (χ3n) is 6.39. The standard InChI is InChI=1S/C25H32FN3O2/c1-27(16-20-8-10-22(26)11-9-20)18-25(31)12-15-29(19-25)24(30)23-7-3-2-6-21(23)17-28-13-4-5-14-28/h2-3,6-11,31H,4-5,12-19H2,1H3/t25-/m1/s1. The molecule has 2 aliphatic heterocycles. The van der Waals surface area contributed by atoms with Gasteiger partial charge in [0, 0.05) is 31.7 Å². The van der Waals surface area contributed by atoms with Crippen LogP contribution in [0.2, 0.25) is 0 Å². The van der Waals surface area contributed by atoms with Gasteiger partial charge in [-0.05, 0) is 68.7 Å². The molecule has 0 aliphatic carbocycles. The smallest absolute Gasteiger partial charge is 0.254 e. The Bertz CT molecular complexity index is 898. The summed E-state index contributed by atoms with van der Waals surface area (Å²) < 4.78 is 13.1. The summed E-state index contributed by atoms with van der Waals surface area (Å²) in [6.45, 7) is 4.95. The van der Waals surface area contributed by atoms with Crippen molar-refractivity contribution in [1.82, 2.24) is 14.7 Å². The Morgan fingerprint density at radius 2 is 1.81 bits per heavy atom. The van der Waals surface area contributed by atoms with Crippen LogP contribution >= 0.6 is 0 Å². The number of likely N-dealkylation sites (tertiary alicyclic amines) is 2. The van der Waals surface area contributed by atoms with Gasteiger partial charge in [0.15, 0.2) is 0 Å². The van der Waals surface area contributed by atoms with Crippen LogP contribution in [0.1, 0.15) is 40.7 Å². The molecule has 2 aromatic carbocycles. The van der Waals surface area contributed by atoms with E-state index in [2.05, 4.69) is 4.90 Å². The lowest BCUT2D eigenvalue weighted by Gasteiger charge is -2.29. The predicted octanol–water partition coefficient (Wildman–Crippen LogP) is 3.13. The Morgan fingerprint density at radius 3 is 2.55 bits per heavy atom. The van der Waals surface area contributed by atoms with E-state index >= 15 is 0 Å². The maximum Gasteiger partial charge on any atom is 0.254 e. The molecular formula is C25H32FN3O2. The number of nitrogens with zero attached hydrogens (tertiary/aromatic N) is 3. The molecule has 2 fully saturated rings. The van der Waals surface area contributed by atoms with E-state index in [0.717, 1.165) is 36.3 Å². The molecule has 2 heterocycles. The first kappa shape index (κ1) is 21.9. The molecule has 1 N–H and O–H groups in total. The van der Waals surface area contributed by atoms with Gasteiger partial charge in [-0.1, -0.05) is 30.3 Å². The van der Waals surface area contributed by atoms with Gasteiger partial charge < -0.3 is 10.0 Å². The molecular weight excluding hydrogens is 393 g/mol. The third-order valence-corrected chi connectivity index (χ3v) is 6.39. The number of carbonyl (C=O) groups excluding carboxylic acids is 1. The molecule has 0 spiro atoms. The van der Waals surface area contributed by atoms with Crippen molar-refractivity contribution in [2.24, 2.45) is 0 Å². The molecule has 0 saturated carbocycles. The number of likely N-dealkylation sites (N-methyl/N-ethyl adjacent to an activating group) is 1. The van der Waals surface area contributed by atoms with E-state index in [1.807, 2.05) is 36.2 Å². The number of aliphatic hydroxyl groups is 1. The molecule has 0 aromatic heterocycles. The highest BCUT2D eigenvalue weighted by atomic mass is 19.1. The Hall–Kier alpha value is -2.28. The molecule has 0 radical (unpaired) electrons. The molecule has 1 amide bonds. The average molecular weight is 426 g/mol. The summed E-state index contributed by atoms with van der Waals surface area (Å²) in [5.74, 6) is -0.244. The van der Waals surface area contributed by atoms with E-state index in [1.165, 1.54) is 25.0 Å². The van der Waals surface area contributed by atoms with Crippen molar-refractivity contribution in [1.29, 1.82) is 0 Å². The molecule has 31 heavy (non-hydrogen) atoms. The fourth-order valence-electron chi connectivity index (χ4n) is 4.84. The predicted molar refractivity (Wildman–Crippen MR) is 119 cm³/mol. The second-order valence-corrected chi connectivity index (χ2v) is 9.14. The lowest BCUT2D eigenvalue weighted by atomic mass is 10.0. The van der Waals surface area contributed by atoms with E-state index in [4.69, 9.17) is 0 Å². The number of halogens is 1. The van der Waals surface area contributed by atoms with Gasteiger partial charge in [-0.25, -0.2) is 4.39 Å². The largest absolute Gasteiger partial charge is 0.387 e. The summed E-state index contributed by atoms with van der Waals surface area (Å²) in [5.41, 5.74) is 1.87. The Balaban J connectivity index is 1.37. The van der Waals surface area contributed by atoms with Crippen LogP contribution < -0.4 is 0 Å². The molecule has 5 nitrogen and oxygen atoms in total. The molecule has 6 heteroatoms. The molecule has 0 unspecified atom stereocenters. The van der Waals surface area contributed by atoms with Crippen LogP contribution in [-0.2, 0) is 13.1 Å². The molecule has 0 bridgehead atoms. The van der Waals surface area contributed by atoms with Crippen LogP contribution in [0.15, 0.2) is 48.5 Å². The lowest BCUT2D eigenvalue weighted by Crippen LogP contribution is -2.44. The van der Waals surface area contributed by atoms with E-state index < -0.39 is 5.60 Å². The minimum absolute atomic E-state index is 0.00640. The quantitative estimate of drug-likeness (QED) is 0.741. The fraction of sp³-hybridized carbons (Fsp3) is 0.480. The van der Waals surface area contributed by atoms with Crippen molar-refractivity contribution in [2.75, 3.05) is 39.8 Å². The van der Waals surface area contributed by atoms with Crippen molar-refractivity contribution >= 4 is 5.91 Å². The highest BCUT2D eigenvalue weighted by molar-refractivity contribution is 5.96. The molecule has 1 atom stereocenters. The zero-order valence-electron chi connectivity index (χ0n) is 18.3. The van der Waals surface area contributed by atoms with Gasteiger partial charge >= 0.3 is 0 Å². The van der Waals surface area contributed by atoms with Crippen LogP contribution in [0, 0.1) is 5.82 Å². The van der Waals surface area contributed by atoms with Crippen LogP contribution in [0.5, 0.6) is 0 Å². The Morgan fingerprint density at radius 1 is 1.10 bits per heavy atom. The zero-order valence-corrected chi connectivity index (χ0v) is 18.3. The zero-order chi connectivity index (χ0) is 21.8. The number of hydrogen-bond donors (Lipinski definition) is 1. The van der Waals surface area contributed by atoms with E-state index in [1.54, 1.807) is 17.0 Å². The van der Waals surface area contributed by atoms with Crippen molar-refractivity contribution in [2.45, 2.75) is 38.0 Å². The molecule has 166 valence electrons. The number of β-amino-alcohol motifs (C(OH)–C–C–N with tert-alkyl or cyclic N) is 1. The Kier molecular flexibility index (Phi) is 6.70. The van der Waals surface area contributed by atoms with Crippen LogP contribution in [0.3, 0.4) is 0 Å². The molecule has 2 aliphatic rings. The van der Waals surface area contributed by atoms with Crippen molar-refractivity contribution in [3.63, 3.8) is 0 Å². The maximum absolute atomic E-state index is 13.3. The monoisotopic (exact) mass is 425 g/mol. The van der Waals surface area contributed by atoms with Crippen LogP contribution in [0.4, 0.5) is 4.39 Å². The van der Waals surface area contributed by atoms with Gasteiger partial charge in [0.25, 0.3) is 5.91 Å². The number of carbonyl (C=O) groups is 1. The summed E-state index contributed by atoms with van der Waals surface area (Å²) in [4.78, 5) is 19.5. The van der Waals surface area contributed by atoms with E-state index in [9.17, 15) is 14.3 Å². The first-order valence-corrected chi connectivity index (χ1v) is 11.2. The van der Waals surface area contributed by atoms with Crippen molar-refractivity contribution in [3.8, 4) is 0 Å². The molecule has 2 aromatic rings. The number of hydrogen-bond acceptors (Lipinski definition) is 4. The third kappa shape index (κ3) is 5.50. The van der Waals surface area contributed by atoms with Crippen molar-refractivity contribution in [3.05, 3.63) is 71.0 Å². The SMILES string of the molecule is CN(Cc1ccc(F)cc1)C[C@]1(O)CCN(C(=O)c2ccccc2CN2CCCC2)C1. The van der Waals surface area contributed by atoms with Gasteiger partial charge in [0.05, 0.1) is 12.1 Å². The topological polar surface area (TPSA) is 47.0 Å². The highest BCUT2D eigenvalue weighted by Gasteiger charge is 2.39. The maximum atomic E-state index is 13.3. The van der Waals surface area contributed by atoms with Crippen LogP contribution in [-0.4, -0.2) is 71.1 Å². The van der Waals surface area contributed by atoms with Gasteiger partial charge in [-0.15, -0.1) is 0 Å². The minimum atomic E-state index is -0.936. The van der Waals surface area contributed by atoms with Crippen molar-refractivity contribution < 1.29 is 14.3 Å². The fourth-order valence-corrected chi connectivity index (χ4v) is 4.84. The van der Waals surface area contributed by atoms with Crippen LogP contribution in [0.25, 0.3) is 0 Å². The molecule has 2 saturated heterocycles. The lowest BCUT2D eigenvalue weighted by molar-refractivity contribution is 0.0163. The summed E-state index contributed by atoms with van der Waals surface area (Å²) in [6.07, 6.45) is 3.00. The summed E-state index contributed by atoms with van der Waals surface area (Å²) in [7, 11) is 1.94. The number of amides is 1. The van der Waals surface area contributed by atoms with E-state index in [0.29, 0.717) is 32.6 Å². The van der Waals surface area contributed by atoms with Gasteiger partial charge in [-0.3, -0.25) is 14.6 Å². The first-order chi connectivity index (χ1) is 14.9. The second kappa shape index (κ2) is 9.47. The Labute approximate surface area is 184 Å². The first-order valence-electron chi connectivity index (χ1n) is 11.2. The van der Waals surface area contributed by atoms with Gasteiger partial charge in [-0.2, -0.15) is 0 Å². The summed E-state index contributed by atoms with van der Waals surface area (Å²) in [6, 6.07) is 14.3. The highest BCUT2D eigenvalue weighted by Crippen LogP contribution is 2.26. The molecule has 4 rings (SSSR count). The number of rotatable bonds is 7. The normalized spacial score (nSPS) is 21.9. The minimum Gasteiger partial charge on any atom is -0.387 e. The summed E-state index contributed by atoms with van der Waals surface area (Å²) >= 11 is 0. The van der Waals surface area contributed by atoms with Gasteiger partial charge in [0.1, 0.15) is 5.82 Å². The second-order valence-electron chi connectivity index (χ2n) is 9.14.